The average molecular weight is 295 g/mol. The van der Waals surface area contributed by atoms with Crippen molar-refractivity contribution in [2.24, 2.45) is 0 Å². The van der Waals surface area contributed by atoms with Gasteiger partial charge < -0.3 is 10.5 Å². The second-order valence-corrected chi connectivity index (χ2v) is 4.40. The molecule has 0 aromatic heterocycles. The second kappa shape index (κ2) is 5.87. The van der Waals surface area contributed by atoms with E-state index >= 15 is 0 Å². The molecule has 2 aromatic rings. The van der Waals surface area contributed by atoms with Gasteiger partial charge in [0.05, 0.1) is 11.1 Å². The van der Waals surface area contributed by atoms with Crippen LogP contribution in [0.5, 0.6) is 0 Å². The maximum Gasteiger partial charge on any atom is 0.416 e. The highest BCUT2D eigenvalue weighted by Gasteiger charge is 2.29. The minimum Gasteiger partial charge on any atom is -0.457 e. The lowest BCUT2D eigenvalue weighted by atomic mass is 10.1. The van der Waals surface area contributed by atoms with Crippen molar-refractivity contribution < 1.29 is 22.7 Å². The Bertz CT molecular complexity index is 636. The minimum atomic E-state index is -4.38. The SMILES string of the molecule is Nc1cccc(C(=O)OCc2ccc(C(F)(F)F)cc2)c1. The number of hydrogen-bond donors (Lipinski definition) is 1. The zero-order chi connectivity index (χ0) is 15.5. The van der Waals surface area contributed by atoms with Crippen LogP contribution in [0.1, 0.15) is 21.5 Å². The fraction of sp³-hybridized carbons (Fsp3) is 0.133. The largest absolute Gasteiger partial charge is 0.457 e. The van der Waals surface area contributed by atoms with Gasteiger partial charge in [-0.1, -0.05) is 18.2 Å². The van der Waals surface area contributed by atoms with E-state index in [2.05, 4.69) is 0 Å². The Morgan fingerprint density at radius 1 is 1.10 bits per heavy atom. The standard InChI is InChI=1S/C15H12F3NO2/c16-15(17,18)12-6-4-10(5-7-12)9-21-14(20)11-2-1-3-13(19)8-11/h1-8H,9,19H2. The van der Waals surface area contributed by atoms with Crippen LogP contribution in [0.2, 0.25) is 0 Å². The van der Waals surface area contributed by atoms with E-state index in [0.29, 0.717) is 16.8 Å². The van der Waals surface area contributed by atoms with E-state index in [4.69, 9.17) is 10.5 Å². The number of halogens is 3. The number of carbonyl (C=O) groups is 1. The minimum absolute atomic E-state index is 0.105. The van der Waals surface area contributed by atoms with Crippen molar-refractivity contribution in [2.75, 3.05) is 5.73 Å². The summed E-state index contributed by atoms with van der Waals surface area (Å²) in [5.74, 6) is -0.581. The van der Waals surface area contributed by atoms with Crippen LogP contribution in [0.4, 0.5) is 18.9 Å². The molecule has 0 unspecified atom stereocenters. The van der Waals surface area contributed by atoms with Gasteiger partial charge in [-0.2, -0.15) is 13.2 Å². The molecule has 2 aromatic carbocycles. The van der Waals surface area contributed by atoms with Gasteiger partial charge in [0.15, 0.2) is 0 Å². The molecule has 0 aliphatic rings. The molecule has 0 fully saturated rings. The van der Waals surface area contributed by atoms with Crippen LogP contribution in [0.15, 0.2) is 48.5 Å². The third kappa shape index (κ3) is 3.98. The molecule has 0 saturated heterocycles. The van der Waals surface area contributed by atoms with Crippen molar-refractivity contribution in [3.8, 4) is 0 Å². The lowest BCUT2D eigenvalue weighted by Gasteiger charge is -2.08. The van der Waals surface area contributed by atoms with Gasteiger partial charge in [-0.05, 0) is 35.9 Å². The fourth-order valence-electron chi connectivity index (χ4n) is 1.69. The number of hydrogen-bond acceptors (Lipinski definition) is 3. The van der Waals surface area contributed by atoms with E-state index in [0.717, 1.165) is 12.1 Å². The van der Waals surface area contributed by atoms with Crippen LogP contribution in [0, 0.1) is 0 Å². The number of nitrogen functional groups attached to an aromatic ring is 1. The fourth-order valence-corrected chi connectivity index (χ4v) is 1.69. The monoisotopic (exact) mass is 295 g/mol. The summed E-state index contributed by atoms with van der Waals surface area (Å²) in [7, 11) is 0. The molecule has 0 spiro atoms. The smallest absolute Gasteiger partial charge is 0.416 e. The summed E-state index contributed by atoms with van der Waals surface area (Å²) in [5, 5.41) is 0. The highest BCUT2D eigenvalue weighted by atomic mass is 19.4. The van der Waals surface area contributed by atoms with Crippen molar-refractivity contribution in [2.45, 2.75) is 12.8 Å². The lowest BCUT2D eigenvalue weighted by Crippen LogP contribution is -2.07. The summed E-state index contributed by atoms with van der Waals surface area (Å²) in [6.07, 6.45) is -4.38. The predicted molar refractivity (Wildman–Crippen MR) is 71.4 cm³/mol. The average Bonchev–Trinajstić information content (AvgIpc) is 2.44. The molecule has 3 nitrogen and oxygen atoms in total. The van der Waals surface area contributed by atoms with E-state index in [1.807, 2.05) is 0 Å². The van der Waals surface area contributed by atoms with E-state index in [-0.39, 0.29) is 6.61 Å². The van der Waals surface area contributed by atoms with Gasteiger partial charge in [0.1, 0.15) is 6.61 Å². The van der Waals surface area contributed by atoms with E-state index in [9.17, 15) is 18.0 Å². The number of nitrogens with two attached hydrogens (primary N) is 1. The molecule has 0 radical (unpaired) electrons. The summed E-state index contributed by atoms with van der Waals surface area (Å²) < 4.78 is 42.2. The number of benzene rings is 2. The summed E-state index contributed by atoms with van der Waals surface area (Å²) in [4.78, 5) is 11.7. The highest BCUT2D eigenvalue weighted by molar-refractivity contribution is 5.90. The molecule has 6 heteroatoms. The third-order valence-corrected chi connectivity index (χ3v) is 2.77. The van der Waals surface area contributed by atoms with Crippen molar-refractivity contribution >= 4 is 11.7 Å². The molecule has 2 rings (SSSR count). The number of alkyl halides is 3. The van der Waals surface area contributed by atoms with Crippen LogP contribution < -0.4 is 5.73 Å². The van der Waals surface area contributed by atoms with Gasteiger partial charge in [0.25, 0.3) is 0 Å². The first kappa shape index (κ1) is 14.9. The van der Waals surface area contributed by atoms with E-state index < -0.39 is 17.7 Å². The molecular weight excluding hydrogens is 283 g/mol. The van der Waals surface area contributed by atoms with Crippen LogP contribution >= 0.6 is 0 Å². The highest BCUT2D eigenvalue weighted by Crippen LogP contribution is 2.29. The molecule has 0 saturated carbocycles. The van der Waals surface area contributed by atoms with Gasteiger partial charge in [-0.25, -0.2) is 4.79 Å². The summed E-state index contributed by atoms with van der Waals surface area (Å²) >= 11 is 0. The topological polar surface area (TPSA) is 52.3 Å². The molecule has 0 heterocycles. The summed E-state index contributed by atoms with van der Waals surface area (Å²) in [5.41, 5.74) is 6.00. The van der Waals surface area contributed by atoms with Gasteiger partial charge in [-0.15, -0.1) is 0 Å². The Kier molecular flexibility index (Phi) is 4.16. The van der Waals surface area contributed by atoms with Crippen molar-refractivity contribution in [3.05, 3.63) is 65.2 Å². The molecule has 0 atom stereocenters. The van der Waals surface area contributed by atoms with E-state index in [1.54, 1.807) is 18.2 Å². The maximum absolute atomic E-state index is 12.4. The first-order valence-electron chi connectivity index (χ1n) is 6.05. The van der Waals surface area contributed by atoms with Gasteiger partial charge in [-0.3, -0.25) is 0 Å². The number of ether oxygens (including phenoxy) is 1. The van der Waals surface area contributed by atoms with Crippen LogP contribution in [0.3, 0.4) is 0 Å². The van der Waals surface area contributed by atoms with Crippen LogP contribution in [-0.4, -0.2) is 5.97 Å². The normalized spacial score (nSPS) is 11.2. The number of esters is 1. The van der Waals surface area contributed by atoms with Crippen LogP contribution in [-0.2, 0) is 17.5 Å². The third-order valence-electron chi connectivity index (χ3n) is 2.77. The zero-order valence-corrected chi connectivity index (χ0v) is 10.9. The Balaban J connectivity index is 1.98. The Labute approximate surface area is 119 Å². The molecule has 2 N–H and O–H groups in total. The van der Waals surface area contributed by atoms with Gasteiger partial charge in [0, 0.05) is 5.69 Å². The molecule has 110 valence electrons. The molecule has 0 aliphatic carbocycles. The van der Waals surface area contributed by atoms with Crippen molar-refractivity contribution in [1.82, 2.24) is 0 Å². The molecule has 0 amide bonds. The molecular formula is C15H12F3NO2. The Morgan fingerprint density at radius 2 is 1.76 bits per heavy atom. The first-order valence-corrected chi connectivity index (χ1v) is 6.05. The van der Waals surface area contributed by atoms with Crippen LogP contribution in [0.25, 0.3) is 0 Å². The summed E-state index contributed by atoms with van der Waals surface area (Å²) in [6.45, 7) is -0.105. The van der Waals surface area contributed by atoms with Gasteiger partial charge >= 0.3 is 12.1 Å². The number of rotatable bonds is 3. The molecule has 0 bridgehead atoms. The molecule has 21 heavy (non-hydrogen) atoms. The molecule has 0 aliphatic heterocycles. The Morgan fingerprint density at radius 3 is 2.33 bits per heavy atom. The maximum atomic E-state index is 12.4. The lowest BCUT2D eigenvalue weighted by molar-refractivity contribution is -0.137. The number of carbonyl (C=O) groups excluding carboxylic acids is 1. The van der Waals surface area contributed by atoms with Crippen molar-refractivity contribution in [1.29, 1.82) is 0 Å². The second-order valence-electron chi connectivity index (χ2n) is 4.40. The quantitative estimate of drug-likeness (QED) is 0.694. The first-order chi connectivity index (χ1) is 9.86. The zero-order valence-electron chi connectivity index (χ0n) is 10.9. The van der Waals surface area contributed by atoms with E-state index in [1.165, 1.54) is 18.2 Å². The summed E-state index contributed by atoms with van der Waals surface area (Å²) in [6, 6.07) is 10.7. The van der Waals surface area contributed by atoms with Crippen molar-refractivity contribution in [3.63, 3.8) is 0 Å². The van der Waals surface area contributed by atoms with Gasteiger partial charge in [0.2, 0.25) is 0 Å². The predicted octanol–water partition coefficient (Wildman–Crippen LogP) is 3.64. The number of anilines is 1. The Hall–Kier alpha value is -2.50.